The van der Waals surface area contributed by atoms with Crippen LogP contribution in [0.5, 0.6) is 0 Å². The maximum atomic E-state index is 10.8. The first kappa shape index (κ1) is 13.1. The van der Waals surface area contributed by atoms with Gasteiger partial charge in [0.1, 0.15) is 6.29 Å². The minimum atomic E-state index is -0.353. The van der Waals surface area contributed by atoms with E-state index in [2.05, 4.69) is 0 Å². The smallest absolute Gasteiger partial charge is 0.246 e. The second-order valence-electron chi connectivity index (χ2n) is 3.71. The Morgan fingerprint density at radius 3 is 2.53 bits per heavy atom. The highest BCUT2D eigenvalue weighted by Crippen LogP contribution is 2.10. The number of nitro groups is 1. The summed E-state index contributed by atoms with van der Waals surface area (Å²) in [5, 5.41) is 10.8. The van der Waals surface area contributed by atoms with Crippen molar-refractivity contribution in [3.63, 3.8) is 0 Å². The van der Waals surface area contributed by atoms with Crippen LogP contribution in [0, 0.1) is 10.1 Å². The molecule has 0 N–H and O–H groups in total. The molecule has 0 heterocycles. The maximum absolute atomic E-state index is 10.8. The monoisotopic (exact) mass is 233 g/mol. The van der Waals surface area contributed by atoms with E-state index in [0.29, 0.717) is 25.7 Å². The lowest BCUT2D eigenvalue weighted by atomic mass is 10.1. The largest absolute Gasteiger partial charge is 0.303 e. The predicted octanol–water partition coefficient (Wildman–Crippen LogP) is 2.76. The van der Waals surface area contributed by atoms with Crippen LogP contribution in [0.2, 0.25) is 0 Å². The minimum Gasteiger partial charge on any atom is -0.303 e. The van der Waals surface area contributed by atoms with Gasteiger partial charge in [-0.15, -0.1) is 0 Å². The van der Waals surface area contributed by atoms with E-state index in [4.69, 9.17) is 0 Å². The molecule has 1 aromatic carbocycles. The van der Waals surface area contributed by atoms with Gasteiger partial charge in [0.2, 0.25) is 5.70 Å². The van der Waals surface area contributed by atoms with Gasteiger partial charge in [0.05, 0.1) is 11.3 Å². The van der Waals surface area contributed by atoms with E-state index in [1.165, 1.54) is 0 Å². The number of rotatable bonds is 7. The number of unbranched alkanes of at least 4 members (excludes halogenated alkanes) is 2. The average Bonchev–Trinajstić information content (AvgIpc) is 2.34. The van der Waals surface area contributed by atoms with Gasteiger partial charge in [-0.3, -0.25) is 10.1 Å². The summed E-state index contributed by atoms with van der Waals surface area (Å²) in [6.45, 7) is 0. The molecule has 0 aliphatic carbocycles. The summed E-state index contributed by atoms with van der Waals surface area (Å²) in [5.74, 6) is 0. The second-order valence-corrected chi connectivity index (χ2v) is 3.71. The fraction of sp³-hybridized carbons (Fsp3) is 0.308. The quantitative estimate of drug-likeness (QED) is 0.315. The molecule has 0 aliphatic heterocycles. The Hall–Kier alpha value is -1.97. The lowest BCUT2D eigenvalue weighted by Gasteiger charge is -1.99. The zero-order chi connectivity index (χ0) is 12.5. The third-order valence-corrected chi connectivity index (χ3v) is 2.37. The highest BCUT2D eigenvalue weighted by molar-refractivity contribution is 5.49. The standard InChI is InChI=1S/C13H15NO3/c15-10-6-2-5-9-13(14(16)17)11-12-7-3-1-4-8-12/h1,3-4,7-10H,2,5-6,11H2/b13-9+. The molecule has 1 aromatic rings. The van der Waals surface area contributed by atoms with Crippen molar-refractivity contribution >= 4 is 6.29 Å². The van der Waals surface area contributed by atoms with Crippen LogP contribution in [-0.4, -0.2) is 11.2 Å². The van der Waals surface area contributed by atoms with Crippen molar-refractivity contribution in [3.05, 3.63) is 57.8 Å². The fourth-order valence-corrected chi connectivity index (χ4v) is 1.49. The molecule has 0 saturated heterocycles. The van der Waals surface area contributed by atoms with Crippen molar-refractivity contribution in [2.75, 3.05) is 0 Å². The van der Waals surface area contributed by atoms with E-state index in [9.17, 15) is 14.9 Å². The van der Waals surface area contributed by atoms with Crippen LogP contribution in [0.4, 0.5) is 0 Å². The first-order chi connectivity index (χ1) is 8.24. The topological polar surface area (TPSA) is 60.2 Å². The number of aldehydes is 1. The van der Waals surface area contributed by atoms with E-state index < -0.39 is 0 Å². The maximum Gasteiger partial charge on any atom is 0.246 e. The lowest BCUT2D eigenvalue weighted by Crippen LogP contribution is -2.02. The van der Waals surface area contributed by atoms with Crippen molar-refractivity contribution in [3.8, 4) is 0 Å². The molecule has 0 radical (unpaired) electrons. The first-order valence-corrected chi connectivity index (χ1v) is 5.55. The van der Waals surface area contributed by atoms with Gasteiger partial charge in [-0.2, -0.15) is 0 Å². The summed E-state index contributed by atoms with van der Waals surface area (Å²) in [4.78, 5) is 20.6. The molecule has 4 heteroatoms. The molecule has 0 aromatic heterocycles. The number of nitrogens with zero attached hydrogens (tertiary/aromatic N) is 1. The summed E-state index contributed by atoms with van der Waals surface area (Å²) in [6.07, 6.45) is 4.45. The second kappa shape index (κ2) is 7.33. The van der Waals surface area contributed by atoms with E-state index in [1.807, 2.05) is 30.3 Å². The number of hydrogen-bond acceptors (Lipinski definition) is 3. The molecular weight excluding hydrogens is 218 g/mol. The van der Waals surface area contributed by atoms with Crippen LogP contribution >= 0.6 is 0 Å². The van der Waals surface area contributed by atoms with Crippen LogP contribution in [-0.2, 0) is 11.2 Å². The lowest BCUT2D eigenvalue weighted by molar-refractivity contribution is -0.427. The van der Waals surface area contributed by atoms with Crippen LogP contribution in [0.15, 0.2) is 42.1 Å². The van der Waals surface area contributed by atoms with Gasteiger partial charge in [0, 0.05) is 6.42 Å². The van der Waals surface area contributed by atoms with Gasteiger partial charge in [-0.25, -0.2) is 0 Å². The number of benzene rings is 1. The highest BCUT2D eigenvalue weighted by Gasteiger charge is 2.10. The third-order valence-electron chi connectivity index (χ3n) is 2.37. The molecular formula is C13H15NO3. The number of hydrogen-bond donors (Lipinski definition) is 0. The van der Waals surface area contributed by atoms with Gasteiger partial charge >= 0.3 is 0 Å². The summed E-state index contributed by atoms with van der Waals surface area (Å²) < 4.78 is 0. The molecule has 0 saturated carbocycles. The van der Waals surface area contributed by atoms with Gasteiger partial charge in [-0.1, -0.05) is 30.3 Å². The zero-order valence-electron chi connectivity index (χ0n) is 9.54. The molecule has 0 fully saturated rings. The molecule has 0 aliphatic rings. The van der Waals surface area contributed by atoms with Gasteiger partial charge in [0.25, 0.3) is 0 Å². The highest BCUT2D eigenvalue weighted by atomic mass is 16.6. The first-order valence-electron chi connectivity index (χ1n) is 5.55. The van der Waals surface area contributed by atoms with Crippen molar-refractivity contribution < 1.29 is 9.72 Å². The summed E-state index contributed by atoms with van der Waals surface area (Å²) >= 11 is 0. The molecule has 4 nitrogen and oxygen atoms in total. The normalized spacial score (nSPS) is 11.2. The molecule has 0 unspecified atom stereocenters. The molecule has 17 heavy (non-hydrogen) atoms. The Balaban J connectivity index is 2.60. The van der Waals surface area contributed by atoms with Crippen molar-refractivity contribution in [1.29, 1.82) is 0 Å². The van der Waals surface area contributed by atoms with Crippen molar-refractivity contribution in [1.82, 2.24) is 0 Å². The number of allylic oxidation sites excluding steroid dienone is 2. The molecule has 0 spiro atoms. The Kier molecular flexibility index (Phi) is 5.64. The Bertz CT molecular complexity index is 398. The molecule has 1 rings (SSSR count). The van der Waals surface area contributed by atoms with E-state index >= 15 is 0 Å². The number of carbonyl (C=O) groups excluding carboxylic acids is 1. The van der Waals surface area contributed by atoms with Crippen LogP contribution in [0.25, 0.3) is 0 Å². The predicted molar refractivity (Wildman–Crippen MR) is 65.1 cm³/mol. The third kappa shape index (κ3) is 5.06. The fourth-order valence-electron chi connectivity index (χ4n) is 1.49. The Morgan fingerprint density at radius 1 is 1.24 bits per heavy atom. The van der Waals surface area contributed by atoms with Gasteiger partial charge in [-0.05, 0) is 24.5 Å². The summed E-state index contributed by atoms with van der Waals surface area (Å²) in [5.41, 5.74) is 1.12. The summed E-state index contributed by atoms with van der Waals surface area (Å²) in [6, 6.07) is 9.33. The molecule has 0 atom stereocenters. The molecule has 0 amide bonds. The van der Waals surface area contributed by atoms with Crippen molar-refractivity contribution in [2.24, 2.45) is 0 Å². The Labute approximate surface area is 100 Å². The van der Waals surface area contributed by atoms with E-state index in [0.717, 1.165) is 11.8 Å². The van der Waals surface area contributed by atoms with Crippen LogP contribution in [0.1, 0.15) is 24.8 Å². The Morgan fingerprint density at radius 2 is 1.94 bits per heavy atom. The van der Waals surface area contributed by atoms with Crippen LogP contribution in [0.3, 0.4) is 0 Å². The zero-order valence-corrected chi connectivity index (χ0v) is 9.54. The van der Waals surface area contributed by atoms with Crippen LogP contribution < -0.4 is 0 Å². The average molecular weight is 233 g/mol. The van der Waals surface area contributed by atoms with Gasteiger partial charge in [0.15, 0.2) is 0 Å². The minimum absolute atomic E-state index is 0.196. The van der Waals surface area contributed by atoms with E-state index in [1.54, 1.807) is 6.08 Å². The SMILES string of the molecule is O=CCCC/C=C(\Cc1ccccc1)[N+](=O)[O-]. The molecule has 90 valence electrons. The van der Waals surface area contributed by atoms with Crippen molar-refractivity contribution in [2.45, 2.75) is 25.7 Å². The summed E-state index contributed by atoms with van der Waals surface area (Å²) in [7, 11) is 0. The van der Waals surface area contributed by atoms with E-state index in [-0.39, 0.29) is 10.6 Å². The van der Waals surface area contributed by atoms with Gasteiger partial charge < -0.3 is 4.79 Å². The molecule has 0 bridgehead atoms. The number of carbonyl (C=O) groups is 1.